The van der Waals surface area contributed by atoms with Crippen LogP contribution in [0.25, 0.3) is 0 Å². The van der Waals surface area contributed by atoms with Crippen LogP contribution in [0.1, 0.15) is 32.8 Å². The number of hydrogen-bond donors (Lipinski definition) is 0. The van der Waals surface area contributed by atoms with Gasteiger partial charge in [-0.25, -0.2) is 4.79 Å². The molecule has 0 spiro atoms. The zero-order valence-electron chi connectivity index (χ0n) is 12.6. The van der Waals surface area contributed by atoms with E-state index in [4.69, 9.17) is 4.74 Å². The Labute approximate surface area is 121 Å². The Morgan fingerprint density at radius 3 is 2.70 bits per heavy atom. The highest BCUT2D eigenvalue weighted by Gasteiger charge is 2.36. The zero-order valence-corrected chi connectivity index (χ0v) is 12.6. The lowest BCUT2D eigenvalue weighted by atomic mass is 9.94. The number of benzene rings is 1. The molecule has 1 aliphatic heterocycles. The average molecular weight is 273 g/mol. The van der Waals surface area contributed by atoms with Crippen LogP contribution in [0.15, 0.2) is 42.0 Å². The van der Waals surface area contributed by atoms with Crippen molar-refractivity contribution in [3.8, 4) is 0 Å². The van der Waals surface area contributed by atoms with Crippen molar-refractivity contribution in [2.75, 3.05) is 13.2 Å². The van der Waals surface area contributed by atoms with Gasteiger partial charge in [0.15, 0.2) is 0 Å². The molecule has 1 aliphatic rings. The van der Waals surface area contributed by atoms with Gasteiger partial charge in [0, 0.05) is 24.7 Å². The summed E-state index contributed by atoms with van der Waals surface area (Å²) in [4.78, 5) is 14.0. The van der Waals surface area contributed by atoms with E-state index >= 15 is 0 Å². The van der Waals surface area contributed by atoms with Crippen molar-refractivity contribution < 1.29 is 9.53 Å². The van der Waals surface area contributed by atoms with E-state index in [0.29, 0.717) is 6.61 Å². The molecular weight excluding hydrogens is 250 g/mol. The van der Waals surface area contributed by atoms with E-state index in [9.17, 15) is 4.79 Å². The maximum Gasteiger partial charge on any atom is 0.330 e. The predicted molar refractivity (Wildman–Crippen MR) is 80.3 cm³/mol. The fourth-order valence-corrected chi connectivity index (χ4v) is 2.70. The van der Waals surface area contributed by atoms with Gasteiger partial charge in [-0.3, -0.25) is 4.90 Å². The Balaban J connectivity index is 2.09. The van der Waals surface area contributed by atoms with Crippen LogP contribution in [0, 0.1) is 0 Å². The van der Waals surface area contributed by atoms with Crippen LogP contribution >= 0.6 is 0 Å². The molecule has 0 N–H and O–H groups in total. The van der Waals surface area contributed by atoms with Crippen LogP contribution in [0.2, 0.25) is 0 Å². The number of ether oxygens (including phenoxy) is 1. The third kappa shape index (κ3) is 3.28. The van der Waals surface area contributed by atoms with E-state index in [2.05, 4.69) is 43.0 Å². The minimum absolute atomic E-state index is 0.0946. The van der Waals surface area contributed by atoms with Crippen LogP contribution in [-0.2, 0) is 16.1 Å². The van der Waals surface area contributed by atoms with Crippen LogP contribution in [-0.4, -0.2) is 29.6 Å². The lowest BCUT2D eigenvalue weighted by Crippen LogP contribution is -2.38. The summed E-state index contributed by atoms with van der Waals surface area (Å²) >= 11 is 0. The molecule has 0 amide bonds. The van der Waals surface area contributed by atoms with Crippen molar-refractivity contribution in [3.63, 3.8) is 0 Å². The second-order valence-corrected chi connectivity index (χ2v) is 5.64. The summed E-state index contributed by atoms with van der Waals surface area (Å²) in [6.07, 6.45) is 2.60. The van der Waals surface area contributed by atoms with Crippen molar-refractivity contribution in [2.45, 2.75) is 39.3 Å². The number of carbonyl (C=O) groups is 1. The molecule has 3 heteroatoms. The van der Waals surface area contributed by atoms with Crippen LogP contribution in [0.4, 0.5) is 0 Å². The first-order chi connectivity index (χ1) is 9.54. The van der Waals surface area contributed by atoms with E-state index in [0.717, 1.165) is 25.1 Å². The fourth-order valence-electron chi connectivity index (χ4n) is 2.70. The fraction of sp³-hybridized carbons (Fsp3) is 0.471. The molecule has 1 aromatic rings. The molecule has 0 aromatic heterocycles. The minimum atomic E-state index is -0.225. The highest BCUT2D eigenvalue weighted by molar-refractivity contribution is 5.83. The smallest absolute Gasteiger partial charge is 0.330 e. The maximum absolute atomic E-state index is 11.6. The quantitative estimate of drug-likeness (QED) is 0.623. The Hall–Kier alpha value is -1.61. The van der Waals surface area contributed by atoms with Crippen molar-refractivity contribution in [1.29, 1.82) is 0 Å². The summed E-state index contributed by atoms with van der Waals surface area (Å²) in [6, 6.07) is 10.4. The van der Waals surface area contributed by atoms with Gasteiger partial charge >= 0.3 is 5.97 Å². The molecule has 0 saturated carbocycles. The Bertz CT molecular complexity index is 491. The largest absolute Gasteiger partial charge is 0.463 e. The second-order valence-electron chi connectivity index (χ2n) is 5.64. The molecule has 1 aromatic carbocycles. The number of esters is 1. The van der Waals surface area contributed by atoms with Gasteiger partial charge in [0.25, 0.3) is 0 Å². The SMILES string of the molecule is CCOC(=O)/C=C1\CCN(Cc2ccccc2)C1(C)C. The van der Waals surface area contributed by atoms with Gasteiger partial charge in [-0.15, -0.1) is 0 Å². The van der Waals surface area contributed by atoms with E-state index < -0.39 is 0 Å². The minimum Gasteiger partial charge on any atom is -0.463 e. The highest BCUT2D eigenvalue weighted by Crippen LogP contribution is 2.35. The molecule has 3 nitrogen and oxygen atoms in total. The van der Waals surface area contributed by atoms with Gasteiger partial charge in [-0.1, -0.05) is 30.3 Å². The lowest BCUT2D eigenvalue weighted by molar-refractivity contribution is -0.137. The van der Waals surface area contributed by atoms with Crippen LogP contribution < -0.4 is 0 Å². The van der Waals surface area contributed by atoms with Crippen molar-refractivity contribution in [1.82, 2.24) is 4.90 Å². The molecular formula is C17H23NO2. The highest BCUT2D eigenvalue weighted by atomic mass is 16.5. The van der Waals surface area contributed by atoms with E-state index in [1.165, 1.54) is 5.56 Å². The van der Waals surface area contributed by atoms with Gasteiger partial charge < -0.3 is 4.74 Å². The summed E-state index contributed by atoms with van der Waals surface area (Å²) in [6.45, 7) is 8.50. The zero-order chi connectivity index (χ0) is 14.6. The third-order valence-corrected chi connectivity index (χ3v) is 4.02. The molecule has 1 heterocycles. The molecule has 20 heavy (non-hydrogen) atoms. The molecule has 0 bridgehead atoms. The molecule has 2 rings (SSSR count). The topological polar surface area (TPSA) is 29.5 Å². The Morgan fingerprint density at radius 2 is 2.05 bits per heavy atom. The number of nitrogens with zero attached hydrogens (tertiary/aromatic N) is 1. The van der Waals surface area contributed by atoms with Crippen molar-refractivity contribution >= 4 is 5.97 Å². The molecule has 1 saturated heterocycles. The monoisotopic (exact) mass is 273 g/mol. The molecule has 0 atom stereocenters. The van der Waals surface area contributed by atoms with E-state index in [1.54, 1.807) is 6.08 Å². The standard InChI is InChI=1S/C17H23NO2/c1-4-20-16(19)12-15-10-11-18(17(15,2)3)13-14-8-6-5-7-9-14/h5-9,12H,4,10-11,13H2,1-3H3/b15-12+. The first kappa shape index (κ1) is 14.8. The van der Waals surface area contributed by atoms with Gasteiger partial charge in [-0.05, 0) is 38.3 Å². The predicted octanol–water partition coefficient (Wildman–Crippen LogP) is 3.16. The van der Waals surface area contributed by atoms with Crippen molar-refractivity contribution in [3.05, 3.63) is 47.5 Å². The number of likely N-dealkylation sites (tertiary alicyclic amines) is 1. The molecule has 1 fully saturated rings. The van der Waals surface area contributed by atoms with Gasteiger partial charge in [0.2, 0.25) is 0 Å². The average Bonchev–Trinajstić information content (AvgIpc) is 2.68. The second kappa shape index (κ2) is 6.23. The van der Waals surface area contributed by atoms with Gasteiger partial charge in [0.05, 0.1) is 6.61 Å². The van der Waals surface area contributed by atoms with E-state index in [1.807, 2.05) is 13.0 Å². The summed E-state index contributed by atoms with van der Waals surface area (Å²) in [7, 11) is 0. The Kier molecular flexibility index (Phi) is 4.61. The number of hydrogen-bond acceptors (Lipinski definition) is 3. The summed E-state index contributed by atoms with van der Waals surface area (Å²) < 4.78 is 5.02. The Morgan fingerprint density at radius 1 is 1.35 bits per heavy atom. The molecule has 0 unspecified atom stereocenters. The normalized spacial score (nSPS) is 20.2. The molecule has 108 valence electrons. The van der Waals surface area contributed by atoms with E-state index in [-0.39, 0.29) is 11.5 Å². The first-order valence-corrected chi connectivity index (χ1v) is 7.21. The third-order valence-electron chi connectivity index (χ3n) is 4.02. The van der Waals surface area contributed by atoms with Gasteiger partial charge in [-0.2, -0.15) is 0 Å². The number of rotatable bonds is 4. The lowest BCUT2D eigenvalue weighted by Gasteiger charge is -2.32. The molecule has 0 aliphatic carbocycles. The number of carbonyl (C=O) groups excluding carboxylic acids is 1. The summed E-state index contributed by atoms with van der Waals surface area (Å²) in [5.74, 6) is -0.225. The molecule has 0 radical (unpaired) electrons. The summed E-state index contributed by atoms with van der Waals surface area (Å²) in [5, 5.41) is 0. The van der Waals surface area contributed by atoms with Crippen molar-refractivity contribution in [2.24, 2.45) is 0 Å². The van der Waals surface area contributed by atoms with Gasteiger partial charge in [0.1, 0.15) is 0 Å². The first-order valence-electron chi connectivity index (χ1n) is 7.21. The maximum atomic E-state index is 11.6. The summed E-state index contributed by atoms with van der Waals surface area (Å²) in [5.41, 5.74) is 2.37. The van der Waals surface area contributed by atoms with Crippen LogP contribution in [0.5, 0.6) is 0 Å². The van der Waals surface area contributed by atoms with Crippen LogP contribution in [0.3, 0.4) is 0 Å².